The van der Waals surface area contributed by atoms with Gasteiger partial charge in [0, 0.05) is 6.42 Å². The number of rotatable bonds is 8. The maximum Gasteiger partial charge on any atom is 0.238 e. The van der Waals surface area contributed by atoms with Gasteiger partial charge in [-0.25, -0.2) is 4.89 Å². The smallest absolute Gasteiger partial charge is 0.238 e. The van der Waals surface area contributed by atoms with Crippen molar-refractivity contribution in [2.45, 2.75) is 84.5 Å². The fraction of sp³-hybridized carbons (Fsp3) is 0.929. The highest BCUT2D eigenvalue weighted by molar-refractivity contribution is 6.73. The molecular formula is C14H30O3Si. The largest absolute Gasteiger partial charge is 0.300 e. The monoisotopic (exact) mass is 274 g/mol. The fourth-order valence-electron chi connectivity index (χ4n) is 1.25. The minimum Gasteiger partial charge on any atom is -0.300 e. The van der Waals surface area contributed by atoms with E-state index in [0.29, 0.717) is 6.42 Å². The Labute approximate surface area is 113 Å². The Bertz CT molecular complexity index is 256. The van der Waals surface area contributed by atoms with Crippen LogP contribution < -0.4 is 0 Å². The van der Waals surface area contributed by atoms with Crippen LogP contribution in [0.25, 0.3) is 0 Å². The Morgan fingerprint density at radius 2 is 1.83 bits per heavy atom. The van der Waals surface area contributed by atoms with Crippen molar-refractivity contribution in [3.63, 3.8) is 0 Å². The van der Waals surface area contributed by atoms with Crippen molar-refractivity contribution >= 4 is 14.1 Å². The molecular weight excluding hydrogens is 244 g/mol. The van der Waals surface area contributed by atoms with Crippen molar-refractivity contribution in [1.29, 1.82) is 0 Å². The third-order valence-corrected chi connectivity index (χ3v) is 7.72. The van der Waals surface area contributed by atoms with Crippen molar-refractivity contribution in [2.24, 2.45) is 0 Å². The van der Waals surface area contributed by atoms with Crippen LogP contribution in [0.3, 0.4) is 0 Å². The topological polar surface area (TPSA) is 35.5 Å². The number of ketones is 1. The third-order valence-electron chi connectivity index (χ3n) is 3.59. The summed E-state index contributed by atoms with van der Waals surface area (Å²) in [5, 5.41) is 0.124. The van der Waals surface area contributed by atoms with Crippen molar-refractivity contribution in [2.75, 3.05) is 0 Å². The first-order valence-corrected chi connectivity index (χ1v) is 9.85. The van der Waals surface area contributed by atoms with Crippen molar-refractivity contribution in [3.8, 4) is 0 Å². The normalized spacial score (nSPS) is 14.6. The lowest BCUT2D eigenvalue weighted by Crippen LogP contribution is -2.42. The Morgan fingerprint density at radius 3 is 2.22 bits per heavy atom. The predicted octanol–water partition coefficient (Wildman–Crippen LogP) is 4.48. The minimum atomic E-state index is -1.89. The number of hydrogen-bond donors (Lipinski definition) is 0. The first kappa shape index (κ1) is 17.8. The minimum absolute atomic E-state index is 0.0865. The summed E-state index contributed by atoms with van der Waals surface area (Å²) < 4.78 is 5.74. The summed E-state index contributed by atoms with van der Waals surface area (Å²) in [6.45, 7) is 14.6. The van der Waals surface area contributed by atoms with Gasteiger partial charge >= 0.3 is 0 Å². The molecule has 0 heterocycles. The molecule has 4 heteroatoms. The summed E-state index contributed by atoms with van der Waals surface area (Å²) in [7, 11) is -1.89. The molecule has 0 N–H and O–H groups in total. The van der Waals surface area contributed by atoms with E-state index in [9.17, 15) is 4.79 Å². The van der Waals surface area contributed by atoms with E-state index < -0.39 is 8.32 Å². The number of hydrogen-bond acceptors (Lipinski definition) is 3. The van der Waals surface area contributed by atoms with Gasteiger partial charge in [-0.1, -0.05) is 40.5 Å². The van der Waals surface area contributed by atoms with Gasteiger partial charge in [-0.05, 0) is 31.5 Å². The molecule has 0 spiro atoms. The number of unbranched alkanes of at least 4 members (excludes halogenated alkanes) is 1. The molecule has 0 aliphatic heterocycles. The van der Waals surface area contributed by atoms with E-state index in [4.69, 9.17) is 9.46 Å². The van der Waals surface area contributed by atoms with E-state index in [1.54, 1.807) is 6.92 Å². The van der Waals surface area contributed by atoms with E-state index in [2.05, 4.69) is 40.8 Å². The quantitative estimate of drug-likeness (QED) is 0.372. The molecule has 0 saturated heterocycles. The van der Waals surface area contributed by atoms with Gasteiger partial charge in [0.2, 0.25) is 8.32 Å². The van der Waals surface area contributed by atoms with E-state index in [1.165, 1.54) is 0 Å². The lowest BCUT2D eigenvalue weighted by atomic mass is 10.1. The van der Waals surface area contributed by atoms with Crippen LogP contribution in [0.15, 0.2) is 0 Å². The van der Waals surface area contributed by atoms with E-state index >= 15 is 0 Å². The number of carbonyl (C=O) groups is 1. The second kappa shape index (κ2) is 7.41. The molecule has 0 radical (unpaired) electrons. The summed E-state index contributed by atoms with van der Waals surface area (Å²) in [5.41, 5.74) is 0. The van der Waals surface area contributed by atoms with Gasteiger partial charge in [-0.3, -0.25) is 9.37 Å². The Morgan fingerprint density at radius 1 is 1.28 bits per heavy atom. The zero-order chi connectivity index (χ0) is 14.4. The van der Waals surface area contributed by atoms with Crippen LogP contribution in [0, 0.1) is 0 Å². The summed E-state index contributed by atoms with van der Waals surface area (Å²) in [6.07, 6.45) is 3.44. The fourth-order valence-corrected chi connectivity index (χ4v) is 1.88. The molecule has 3 nitrogen and oxygen atoms in total. The molecule has 0 saturated carbocycles. The van der Waals surface area contributed by atoms with Crippen LogP contribution in [0.5, 0.6) is 0 Å². The first-order valence-electron chi connectivity index (χ1n) is 6.94. The first-order chi connectivity index (χ1) is 8.10. The molecule has 1 unspecified atom stereocenters. The maximum atomic E-state index is 11.2. The average Bonchev–Trinajstić information content (AvgIpc) is 2.20. The van der Waals surface area contributed by atoms with E-state index in [0.717, 1.165) is 19.3 Å². The molecule has 0 aliphatic rings. The molecule has 0 fully saturated rings. The summed E-state index contributed by atoms with van der Waals surface area (Å²) in [5.74, 6) is 0.162. The lowest BCUT2D eigenvalue weighted by Gasteiger charge is -2.35. The second-order valence-electron chi connectivity index (χ2n) is 6.61. The van der Waals surface area contributed by atoms with Gasteiger partial charge < -0.3 is 0 Å². The molecule has 0 aromatic heterocycles. The van der Waals surface area contributed by atoms with E-state index in [-0.39, 0.29) is 16.9 Å². The van der Waals surface area contributed by atoms with Crippen LogP contribution in [0.1, 0.15) is 60.3 Å². The van der Waals surface area contributed by atoms with Crippen molar-refractivity contribution < 1.29 is 14.3 Å². The van der Waals surface area contributed by atoms with Crippen molar-refractivity contribution in [3.05, 3.63) is 0 Å². The third kappa shape index (κ3) is 6.66. The highest BCUT2D eigenvalue weighted by Crippen LogP contribution is 2.37. The maximum absolute atomic E-state index is 11.2. The van der Waals surface area contributed by atoms with E-state index in [1.807, 2.05) is 0 Å². The Hall–Kier alpha value is -0.193. The van der Waals surface area contributed by atoms with Gasteiger partial charge in [0.1, 0.15) is 5.78 Å². The standard InChI is InChI=1S/C14H30O3Si/c1-8-9-10-13(11-12(2)15)16-17-18(6,7)14(3,4)5/h13H,8-11H2,1-7H3. The average molecular weight is 274 g/mol. The molecule has 0 aromatic rings. The van der Waals surface area contributed by atoms with Gasteiger partial charge in [-0.15, -0.1) is 0 Å². The second-order valence-corrected chi connectivity index (χ2v) is 11.3. The zero-order valence-corrected chi connectivity index (χ0v) is 14.1. The molecule has 1 atom stereocenters. The van der Waals surface area contributed by atoms with Crippen molar-refractivity contribution in [1.82, 2.24) is 0 Å². The Balaban J connectivity index is 4.37. The van der Waals surface area contributed by atoms with Crippen LogP contribution in [-0.2, 0) is 14.3 Å². The zero-order valence-electron chi connectivity index (χ0n) is 13.1. The molecule has 18 heavy (non-hydrogen) atoms. The number of Topliss-reactive ketones (excluding diaryl/α,β-unsaturated/α-hetero) is 1. The van der Waals surface area contributed by atoms with Gasteiger partial charge in [-0.2, -0.15) is 0 Å². The summed E-state index contributed by atoms with van der Waals surface area (Å²) >= 11 is 0. The molecule has 108 valence electrons. The molecule has 0 aromatic carbocycles. The lowest BCUT2D eigenvalue weighted by molar-refractivity contribution is -0.259. The Kier molecular flexibility index (Phi) is 7.33. The molecule has 0 bridgehead atoms. The van der Waals surface area contributed by atoms with Crippen LogP contribution in [0.4, 0.5) is 0 Å². The molecule has 0 aliphatic carbocycles. The van der Waals surface area contributed by atoms with Gasteiger partial charge in [0.25, 0.3) is 0 Å². The summed E-state index contributed by atoms with van der Waals surface area (Å²) in [6, 6.07) is 0. The highest BCUT2D eigenvalue weighted by Gasteiger charge is 2.39. The molecule has 0 amide bonds. The summed E-state index contributed by atoms with van der Waals surface area (Å²) in [4.78, 5) is 16.8. The SMILES string of the molecule is CCCCC(CC(C)=O)OO[Si](C)(C)C(C)(C)C. The molecule has 0 rings (SSSR count). The highest BCUT2D eigenvalue weighted by atomic mass is 28.4. The number of carbonyl (C=O) groups excluding carboxylic acids is 1. The predicted molar refractivity (Wildman–Crippen MR) is 78.0 cm³/mol. The van der Waals surface area contributed by atoms with Crippen LogP contribution in [0.2, 0.25) is 18.1 Å². The van der Waals surface area contributed by atoms with Crippen LogP contribution in [-0.4, -0.2) is 20.2 Å². The van der Waals surface area contributed by atoms with Gasteiger partial charge in [0.05, 0.1) is 6.10 Å². The van der Waals surface area contributed by atoms with Crippen LogP contribution >= 0.6 is 0 Å². The van der Waals surface area contributed by atoms with Gasteiger partial charge in [0.15, 0.2) is 0 Å².